The number of rotatable bonds is 3. The SMILES string of the molecule is Cc1ccc(C(=O)N2CCNCC2)cc1NC(=O)c1cc(F)cc(F)c1. The highest BCUT2D eigenvalue weighted by molar-refractivity contribution is 6.05. The van der Waals surface area contributed by atoms with Crippen molar-refractivity contribution in [2.75, 3.05) is 31.5 Å². The number of nitrogens with zero attached hydrogens (tertiary/aromatic N) is 1. The van der Waals surface area contributed by atoms with Gasteiger partial charge in [-0.05, 0) is 36.8 Å². The number of aryl methyl sites for hydroxylation is 1. The van der Waals surface area contributed by atoms with Gasteiger partial charge >= 0.3 is 0 Å². The minimum Gasteiger partial charge on any atom is -0.336 e. The van der Waals surface area contributed by atoms with Crippen molar-refractivity contribution in [3.05, 3.63) is 64.7 Å². The van der Waals surface area contributed by atoms with Gasteiger partial charge in [-0.3, -0.25) is 9.59 Å². The molecule has 3 rings (SSSR count). The molecular weight excluding hydrogens is 340 g/mol. The van der Waals surface area contributed by atoms with Crippen molar-refractivity contribution in [3.8, 4) is 0 Å². The van der Waals surface area contributed by atoms with Gasteiger partial charge in [0, 0.05) is 49.1 Å². The molecule has 136 valence electrons. The summed E-state index contributed by atoms with van der Waals surface area (Å²) < 4.78 is 26.6. The fourth-order valence-corrected chi connectivity index (χ4v) is 2.82. The van der Waals surface area contributed by atoms with E-state index in [9.17, 15) is 18.4 Å². The van der Waals surface area contributed by atoms with Crippen LogP contribution in [0.25, 0.3) is 0 Å². The molecule has 26 heavy (non-hydrogen) atoms. The number of carbonyl (C=O) groups excluding carboxylic acids is 2. The molecule has 1 fully saturated rings. The molecule has 1 aliphatic heterocycles. The molecule has 2 aromatic carbocycles. The summed E-state index contributed by atoms with van der Waals surface area (Å²) in [4.78, 5) is 26.6. The normalized spacial score (nSPS) is 14.2. The van der Waals surface area contributed by atoms with Crippen molar-refractivity contribution in [3.63, 3.8) is 0 Å². The molecule has 0 unspecified atom stereocenters. The maximum absolute atomic E-state index is 13.3. The van der Waals surface area contributed by atoms with Gasteiger partial charge in [0.1, 0.15) is 11.6 Å². The van der Waals surface area contributed by atoms with Crippen molar-refractivity contribution in [1.29, 1.82) is 0 Å². The quantitative estimate of drug-likeness (QED) is 0.886. The number of hydrogen-bond donors (Lipinski definition) is 2. The van der Waals surface area contributed by atoms with E-state index in [0.717, 1.165) is 30.8 Å². The van der Waals surface area contributed by atoms with Crippen LogP contribution in [-0.4, -0.2) is 42.9 Å². The largest absolute Gasteiger partial charge is 0.336 e. The highest BCUT2D eigenvalue weighted by Crippen LogP contribution is 2.20. The van der Waals surface area contributed by atoms with E-state index in [0.29, 0.717) is 30.4 Å². The summed E-state index contributed by atoms with van der Waals surface area (Å²) in [6, 6.07) is 7.66. The second-order valence-corrected chi connectivity index (χ2v) is 6.18. The minimum atomic E-state index is -0.825. The molecule has 0 aliphatic carbocycles. The van der Waals surface area contributed by atoms with E-state index < -0.39 is 17.5 Å². The second kappa shape index (κ2) is 7.61. The summed E-state index contributed by atoms with van der Waals surface area (Å²) >= 11 is 0. The number of anilines is 1. The third-order valence-electron chi connectivity index (χ3n) is 4.26. The molecule has 2 amide bonds. The molecule has 0 atom stereocenters. The first-order valence-electron chi connectivity index (χ1n) is 8.32. The van der Waals surface area contributed by atoms with Gasteiger partial charge in [-0.15, -0.1) is 0 Å². The lowest BCUT2D eigenvalue weighted by molar-refractivity contribution is 0.0735. The Morgan fingerprint density at radius 1 is 1.00 bits per heavy atom. The number of halogens is 2. The minimum absolute atomic E-state index is 0.112. The molecule has 2 aromatic rings. The molecule has 0 radical (unpaired) electrons. The van der Waals surface area contributed by atoms with E-state index in [1.165, 1.54) is 0 Å². The van der Waals surface area contributed by atoms with Crippen molar-refractivity contribution in [2.24, 2.45) is 0 Å². The van der Waals surface area contributed by atoms with Crippen molar-refractivity contribution >= 4 is 17.5 Å². The second-order valence-electron chi connectivity index (χ2n) is 6.18. The lowest BCUT2D eigenvalue weighted by Crippen LogP contribution is -2.46. The van der Waals surface area contributed by atoms with Gasteiger partial charge in [0.15, 0.2) is 0 Å². The van der Waals surface area contributed by atoms with Gasteiger partial charge in [0.25, 0.3) is 11.8 Å². The molecule has 7 heteroatoms. The van der Waals surface area contributed by atoms with Crippen LogP contribution in [0.5, 0.6) is 0 Å². The van der Waals surface area contributed by atoms with Crippen LogP contribution >= 0.6 is 0 Å². The molecule has 1 aliphatic rings. The third kappa shape index (κ3) is 4.05. The molecule has 0 saturated carbocycles. The predicted molar refractivity (Wildman–Crippen MR) is 94.3 cm³/mol. The van der Waals surface area contributed by atoms with E-state index in [4.69, 9.17) is 0 Å². The third-order valence-corrected chi connectivity index (χ3v) is 4.26. The van der Waals surface area contributed by atoms with E-state index in [2.05, 4.69) is 10.6 Å². The van der Waals surface area contributed by atoms with Crippen LogP contribution in [0.2, 0.25) is 0 Å². The summed E-state index contributed by atoms with van der Waals surface area (Å²) in [7, 11) is 0. The number of amides is 2. The molecular formula is C19H19F2N3O2. The van der Waals surface area contributed by atoms with Crippen LogP contribution in [0.1, 0.15) is 26.3 Å². The Balaban J connectivity index is 1.81. The van der Waals surface area contributed by atoms with Gasteiger partial charge < -0.3 is 15.5 Å². The maximum Gasteiger partial charge on any atom is 0.255 e. The lowest BCUT2D eigenvalue weighted by Gasteiger charge is -2.27. The first-order chi connectivity index (χ1) is 12.4. The van der Waals surface area contributed by atoms with Crippen LogP contribution in [0.4, 0.5) is 14.5 Å². The van der Waals surface area contributed by atoms with Gasteiger partial charge in [0.05, 0.1) is 0 Å². The highest BCUT2D eigenvalue weighted by atomic mass is 19.1. The Kier molecular flexibility index (Phi) is 5.27. The van der Waals surface area contributed by atoms with Crippen LogP contribution < -0.4 is 10.6 Å². The Morgan fingerprint density at radius 2 is 1.65 bits per heavy atom. The molecule has 0 bridgehead atoms. The fourth-order valence-electron chi connectivity index (χ4n) is 2.82. The Hall–Kier alpha value is -2.80. The van der Waals surface area contributed by atoms with E-state index in [1.54, 1.807) is 30.0 Å². The molecule has 5 nitrogen and oxygen atoms in total. The summed E-state index contributed by atoms with van der Waals surface area (Å²) in [6.45, 7) is 4.51. The molecule has 2 N–H and O–H groups in total. The standard InChI is InChI=1S/C19H19F2N3O2/c1-12-2-3-13(19(26)24-6-4-22-5-7-24)10-17(12)23-18(25)14-8-15(20)11-16(21)9-14/h2-3,8-11,22H,4-7H2,1H3,(H,23,25). The van der Waals surface area contributed by atoms with Gasteiger partial charge in [-0.25, -0.2) is 8.78 Å². The molecule has 0 aromatic heterocycles. The zero-order valence-electron chi connectivity index (χ0n) is 14.3. The van der Waals surface area contributed by atoms with Crippen LogP contribution in [0.15, 0.2) is 36.4 Å². The average Bonchev–Trinajstić information content (AvgIpc) is 2.63. The van der Waals surface area contributed by atoms with E-state index in [-0.39, 0.29) is 11.5 Å². The topological polar surface area (TPSA) is 61.4 Å². The van der Waals surface area contributed by atoms with E-state index >= 15 is 0 Å². The number of carbonyl (C=O) groups is 2. The first-order valence-corrected chi connectivity index (χ1v) is 8.32. The Bertz CT molecular complexity index is 828. The summed E-state index contributed by atoms with van der Waals surface area (Å²) in [5, 5.41) is 5.81. The number of piperazine rings is 1. The smallest absolute Gasteiger partial charge is 0.255 e. The monoisotopic (exact) mass is 359 g/mol. The number of nitrogens with one attached hydrogen (secondary N) is 2. The summed E-state index contributed by atoms with van der Waals surface area (Å²) in [5.74, 6) is -2.40. The first kappa shape index (κ1) is 18.0. The zero-order valence-corrected chi connectivity index (χ0v) is 14.3. The fraction of sp³-hybridized carbons (Fsp3) is 0.263. The lowest BCUT2D eigenvalue weighted by atomic mass is 10.1. The Morgan fingerprint density at radius 3 is 2.31 bits per heavy atom. The number of hydrogen-bond acceptors (Lipinski definition) is 3. The average molecular weight is 359 g/mol. The van der Waals surface area contributed by atoms with Gasteiger partial charge in [-0.1, -0.05) is 6.07 Å². The van der Waals surface area contributed by atoms with E-state index in [1.807, 2.05) is 0 Å². The van der Waals surface area contributed by atoms with Crippen LogP contribution in [0.3, 0.4) is 0 Å². The van der Waals surface area contributed by atoms with Crippen LogP contribution in [0, 0.1) is 18.6 Å². The summed E-state index contributed by atoms with van der Waals surface area (Å²) in [6.07, 6.45) is 0. The van der Waals surface area contributed by atoms with Gasteiger partial charge in [-0.2, -0.15) is 0 Å². The molecule has 0 spiro atoms. The zero-order chi connectivity index (χ0) is 18.7. The molecule has 1 saturated heterocycles. The Labute approximate surface area is 150 Å². The van der Waals surface area contributed by atoms with Crippen LogP contribution in [-0.2, 0) is 0 Å². The van der Waals surface area contributed by atoms with Crippen molar-refractivity contribution in [2.45, 2.75) is 6.92 Å². The predicted octanol–water partition coefficient (Wildman–Crippen LogP) is 2.57. The van der Waals surface area contributed by atoms with Gasteiger partial charge in [0.2, 0.25) is 0 Å². The van der Waals surface area contributed by atoms with Crippen molar-refractivity contribution in [1.82, 2.24) is 10.2 Å². The van der Waals surface area contributed by atoms with Crippen molar-refractivity contribution < 1.29 is 18.4 Å². The maximum atomic E-state index is 13.3. The summed E-state index contributed by atoms with van der Waals surface area (Å²) in [5.41, 5.74) is 1.51. The number of benzene rings is 2. The molecule has 1 heterocycles. The highest BCUT2D eigenvalue weighted by Gasteiger charge is 2.19.